The van der Waals surface area contributed by atoms with Crippen molar-refractivity contribution in [2.75, 3.05) is 18.6 Å². The zero-order chi connectivity index (χ0) is 17.4. The molecule has 10 heteroatoms. The molecule has 0 aliphatic carbocycles. The van der Waals surface area contributed by atoms with Gasteiger partial charge in [0.1, 0.15) is 5.69 Å². The van der Waals surface area contributed by atoms with E-state index in [4.69, 9.17) is 11.6 Å². The monoisotopic (exact) mass is 415 g/mol. The molecule has 1 aromatic rings. The zero-order valence-electron chi connectivity index (χ0n) is 11.6. The maximum atomic E-state index is 12.6. The van der Waals surface area contributed by atoms with E-state index < -0.39 is 29.9 Å². The number of carbonyl (C=O) groups is 2. The van der Waals surface area contributed by atoms with E-state index in [1.807, 2.05) is 0 Å². The maximum absolute atomic E-state index is 12.6. The molecule has 1 unspecified atom stereocenters. The van der Waals surface area contributed by atoms with Crippen LogP contribution < -0.4 is 9.64 Å². The van der Waals surface area contributed by atoms with E-state index in [0.717, 1.165) is 11.0 Å². The molecule has 1 aromatic carbocycles. The lowest BCUT2D eigenvalue weighted by atomic mass is 10.1. The van der Waals surface area contributed by atoms with Gasteiger partial charge < -0.3 is 14.4 Å². The van der Waals surface area contributed by atoms with E-state index in [1.165, 1.54) is 13.2 Å². The number of halogens is 5. The first-order chi connectivity index (χ1) is 10.6. The highest BCUT2D eigenvalue weighted by Gasteiger charge is 2.40. The molecule has 0 saturated carbocycles. The molecule has 1 aliphatic heterocycles. The van der Waals surface area contributed by atoms with Crippen LogP contribution in [0.4, 0.5) is 18.9 Å². The number of amides is 1. The van der Waals surface area contributed by atoms with Gasteiger partial charge in [-0.15, -0.1) is 13.2 Å². The van der Waals surface area contributed by atoms with Crippen molar-refractivity contribution < 1.29 is 32.2 Å². The van der Waals surface area contributed by atoms with Gasteiger partial charge in [0.2, 0.25) is 5.91 Å². The van der Waals surface area contributed by atoms with Crippen molar-refractivity contribution in [3.05, 3.63) is 21.6 Å². The molecule has 1 atom stereocenters. The third-order valence-corrected chi connectivity index (χ3v) is 3.89. The summed E-state index contributed by atoms with van der Waals surface area (Å²) in [7, 11) is 1.17. The topological polar surface area (TPSA) is 55.8 Å². The normalized spacial score (nSPS) is 18.3. The number of anilines is 1. The Labute approximate surface area is 142 Å². The van der Waals surface area contributed by atoms with Crippen LogP contribution in [-0.4, -0.2) is 31.9 Å². The number of hydrogen-bond acceptors (Lipinski definition) is 4. The first-order valence-corrected chi connectivity index (χ1v) is 7.42. The summed E-state index contributed by atoms with van der Waals surface area (Å²) in [5, 5.41) is -0.113. The Kier molecular flexibility index (Phi) is 5.10. The Morgan fingerprint density at radius 2 is 2.09 bits per heavy atom. The molecule has 2 rings (SSSR count). The van der Waals surface area contributed by atoms with Gasteiger partial charge in [-0.1, -0.05) is 27.5 Å². The molecule has 1 heterocycles. The number of ether oxygens (including phenoxy) is 2. The average molecular weight is 417 g/mol. The van der Waals surface area contributed by atoms with E-state index >= 15 is 0 Å². The minimum Gasteiger partial charge on any atom is -0.469 e. The highest BCUT2D eigenvalue weighted by molar-refractivity contribution is 9.10. The maximum Gasteiger partial charge on any atom is 0.573 e. The fourth-order valence-electron chi connectivity index (χ4n) is 2.26. The summed E-state index contributed by atoms with van der Waals surface area (Å²) in [6.07, 6.45) is -5.13. The average Bonchev–Trinajstić information content (AvgIpc) is 2.77. The number of hydrogen-bond donors (Lipinski definition) is 0. The molecule has 0 bridgehead atoms. The third kappa shape index (κ3) is 4.08. The van der Waals surface area contributed by atoms with Crippen LogP contribution in [0.2, 0.25) is 5.02 Å². The second-order valence-electron chi connectivity index (χ2n) is 4.71. The van der Waals surface area contributed by atoms with Crippen LogP contribution in [-0.2, 0) is 14.3 Å². The van der Waals surface area contributed by atoms with Crippen LogP contribution >= 0.6 is 27.5 Å². The standard InChI is InChI=1S/C13H10BrClF3NO4/c1-22-12(21)6-2-10(20)19(5-6)11-8(15)3-7(14)4-9(11)23-13(16,17)18/h3-4,6H,2,5H2,1H3. The van der Waals surface area contributed by atoms with E-state index in [-0.39, 0.29) is 28.1 Å². The Hall–Kier alpha value is -1.48. The predicted octanol–water partition coefficient (Wildman–Crippen LogP) is 3.53. The lowest BCUT2D eigenvalue weighted by Crippen LogP contribution is -2.28. The fourth-order valence-corrected chi connectivity index (χ4v) is 3.14. The number of esters is 1. The molecule has 0 radical (unpaired) electrons. The second-order valence-corrected chi connectivity index (χ2v) is 6.03. The Balaban J connectivity index is 2.42. The van der Waals surface area contributed by atoms with E-state index in [0.29, 0.717) is 0 Å². The summed E-state index contributed by atoms with van der Waals surface area (Å²) in [5.74, 6) is -2.56. The quantitative estimate of drug-likeness (QED) is 0.708. The van der Waals surface area contributed by atoms with E-state index in [2.05, 4.69) is 25.4 Å². The SMILES string of the molecule is COC(=O)C1CC(=O)N(c2c(Cl)cc(Br)cc2OC(F)(F)F)C1. The molecule has 0 N–H and O–H groups in total. The van der Waals surface area contributed by atoms with Gasteiger partial charge in [-0.05, 0) is 12.1 Å². The second kappa shape index (κ2) is 6.56. The van der Waals surface area contributed by atoms with Crippen molar-refractivity contribution in [3.8, 4) is 5.75 Å². The van der Waals surface area contributed by atoms with Gasteiger partial charge in [0.25, 0.3) is 0 Å². The summed E-state index contributed by atoms with van der Waals surface area (Å²) >= 11 is 9.00. The van der Waals surface area contributed by atoms with Crippen LogP contribution in [0.5, 0.6) is 5.75 Å². The minimum absolute atomic E-state index is 0.113. The van der Waals surface area contributed by atoms with E-state index in [9.17, 15) is 22.8 Å². The van der Waals surface area contributed by atoms with Crippen LogP contribution in [0.15, 0.2) is 16.6 Å². The van der Waals surface area contributed by atoms with Crippen LogP contribution in [0.3, 0.4) is 0 Å². The third-order valence-electron chi connectivity index (χ3n) is 3.15. The lowest BCUT2D eigenvalue weighted by Gasteiger charge is -2.22. The Bertz CT molecular complexity index is 653. The number of nitrogens with zero attached hydrogens (tertiary/aromatic N) is 1. The summed E-state index contributed by atoms with van der Waals surface area (Å²) in [5.41, 5.74) is -0.233. The molecule has 23 heavy (non-hydrogen) atoms. The summed E-state index contributed by atoms with van der Waals surface area (Å²) in [4.78, 5) is 24.6. The fraction of sp³-hybridized carbons (Fsp3) is 0.385. The molecule has 126 valence electrons. The Morgan fingerprint density at radius 1 is 1.43 bits per heavy atom. The molecule has 1 fully saturated rings. The first-order valence-electron chi connectivity index (χ1n) is 6.25. The van der Waals surface area contributed by atoms with Gasteiger partial charge in [0.05, 0.1) is 18.1 Å². The van der Waals surface area contributed by atoms with Gasteiger partial charge in [-0.2, -0.15) is 0 Å². The zero-order valence-corrected chi connectivity index (χ0v) is 14.0. The summed E-state index contributed by atoms with van der Waals surface area (Å²) in [6, 6.07) is 2.38. The number of rotatable bonds is 3. The van der Waals surface area contributed by atoms with Gasteiger partial charge in [-0.3, -0.25) is 9.59 Å². The van der Waals surface area contributed by atoms with Crippen LogP contribution in [0.1, 0.15) is 6.42 Å². The van der Waals surface area contributed by atoms with Gasteiger partial charge >= 0.3 is 12.3 Å². The first kappa shape index (κ1) is 17.9. The summed E-state index contributed by atoms with van der Waals surface area (Å²) < 4.78 is 46.5. The van der Waals surface area contributed by atoms with Crippen molar-refractivity contribution in [2.24, 2.45) is 5.92 Å². The van der Waals surface area contributed by atoms with Gasteiger partial charge in [0.15, 0.2) is 5.75 Å². The smallest absolute Gasteiger partial charge is 0.469 e. The molecule has 1 aliphatic rings. The van der Waals surface area contributed by atoms with Crippen molar-refractivity contribution in [1.82, 2.24) is 0 Å². The van der Waals surface area contributed by atoms with Crippen LogP contribution in [0.25, 0.3) is 0 Å². The van der Waals surface area contributed by atoms with Gasteiger partial charge in [-0.25, -0.2) is 0 Å². The number of alkyl halides is 3. The number of carbonyl (C=O) groups excluding carboxylic acids is 2. The van der Waals surface area contributed by atoms with Crippen molar-refractivity contribution in [3.63, 3.8) is 0 Å². The van der Waals surface area contributed by atoms with Gasteiger partial charge in [0, 0.05) is 17.4 Å². The summed E-state index contributed by atoms with van der Waals surface area (Å²) in [6.45, 7) is -0.138. The lowest BCUT2D eigenvalue weighted by molar-refractivity contribution is -0.274. The molecule has 0 aromatic heterocycles. The highest BCUT2D eigenvalue weighted by atomic mass is 79.9. The Morgan fingerprint density at radius 3 is 2.65 bits per heavy atom. The van der Waals surface area contributed by atoms with E-state index in [1.54, 1.807) is 0 Å². The molecule has 0 spiro atoms. The minimum atomic E-state index is -4.95. The molecule has 1 amide bonds. The molecular formula is C13H10BrClF3NO4. The molecular weight excluding hydrogens is 406 g/mol. The predicted molar refractivity (Wildman–Crippen MR) is 78.3 cm³/mol. The largest absolute Gasteiger partial charge is 0.573 e. The molecule has 1 saturated heterocycles. The van der Waals surface area contributed by atoms with Crippen molar-refractivity contribution >= 4 is 45.1 Å². The highest BCUT2D eigenvalue weighted by Crippen LogP contribution is 2.43. The number of methoxy groups -OCH3 is 1. The van der Waals surface area contributed by atoms with Crippen molar-refractivity contribution in [2.45, 2.75) is 12.8 Å². The number of benzene rings is 1. The van der Waals surface area contributed by atoms with Crippen LogP contribution in [0, 0.1) is 5.92 Å². The van der Waals surface area contributed by atoms with Crippen molar-refractivity contribution in [1.29, 1.82) is 0 Å². The molecule has 5 nitrogen and oxygen atoms in total.